The van der Waals surface area contributed by atoms with Gasteiger partial charge in [-0.2, -0.15) is 4.98 Å². The highest BCUT2D eigenvalue weighted by Gasteiger charge is 2.12. The Bertz CT molecular complexity index is 495. The molecule has 5 heteroatoms. The maximum atomic E-state index is 5.84. The normalized spacial score (nSPS) is 12.6. The van der Waals surface area contributed by atoms with Gasteiger partial charge in [-0.25, -0.2) is 4.98 Å². The van der Waals surface area contributed by atoms with Gasteiger partial charge in [-0.1, -0.05) is 18.1 Å². The molecule has 2 aromatic rings. The van der Waals surface area contributed by atoms with E-state index in [0.717, 1.165) is 12.1 Å². The van der Waals surface area contributed by atoms with Gasteiger partial charge in [0, 0.05) is 18.2 Å². The van der Waals surface area contributed by atoms with E-state index in [-0.39, 0.29) is 6.04 Å². The second-order valence-corrected chi connectivity index (χ2v) is 4.05. The fourth-order valence-electron chi connectivity index (χ4n) is 1.48. The second kappa shape index (κ2) is 5.05. The van der Waals surface area contributed by atoms with Crippen LogP contribution in [-0.2, 0) is 6.42 Å². The lowest BCUT2D eigenvalue weighted by atomic mass is 10.2. The van der Waals surface area contributed by atoms with E-state index in [1.165, 1.54) is 0 Å². The quantitative estimate of drug-likeness (QED) is 0.868. The maximum absolute atomic E-state index is 5.84. The molecule has 2 N–H and O–H groups in total. The Morgan fingerprint density at radius 3 is 2.88 bits per heavy atom. The van der Waals surface area contributed by atoms with E-state index in [1.54, 1.807) is 0 Å². The molecule has 0 amide bonds. The van der Waals surface area contributed by atoms with Gasteiger partial charge in [-0.15, -0.1) is 0 Å². The number of rotatable bonds is 4. The van der Waals surface area contributed by atoms with Crippen LogP contribution in [0.4, 0.5) is 0 Å². The molecule has 0 aliphatic carbocycles. The summed E-state index contributed by atoms with van der Waals surface area (Å²) >= 11 is 0. The van der Waals surface area contributed by atoms with E-state index in [4.69, 9.17) is 10.3 Å². The standard InChI is InChI=1S/C12H16N4O/c1-3-9(13)7-11-15-12(17-16-11)10-6-4-5-8(2)14-10/h4-6,9H,3,7,13H2,1-2H3. The molecule has 0 bridgehead atoms. The molecule has 0 aliphatic rings. The molecule has 2 heterocycles. The number of nitrogens with zero attached hydrogens (tertiary/aromatic N) is 3. The summed E-state index contributed by atoms with van der Waals surface area (Å²) in [6.07, 6.45) is 1.53. The van der Waals surface area contributed by atoms with Crippen LogP contribution in [0.15, 0.2) is 22.7 Å². The van der Waals surface area contributed by atoms with Crippen LogP contribution in [0.2, 0.25) is 0 Å². The van der Waals surface area contributed by atoms with Gasteiger partial charge in [-0.3, -0.25) is 0 Å². The van der Waals surface area contributed by atoms with Crippen molar-refractivity contribution in [3.63, 3.8) is 0 Å². The van der Waals surface area contributed by atoms with Crippen LogP contribution >= 0.6 is 0 Å². The molecule has 0 fully saturated rings. The predicted octanol–water partition coefficient (Wildman–Crippen LogP) is 1.72. The summed E-state index contributed by atoms with van der Waals surface area (Å²) in [6.45, 7) is 3.96. The Balaban J connectivity index is 2.18. The minimum absolute atomic E-state index is 0.0749. The van der Waals surface area contributed by atoms with Crippen LogP contribution in [0, 0.1) is 6.92 Å². The van der Waals surface area contributed by atoms with Crippen molar-refractivity contribution in [1.29, 1.82) is 0 Å². The van der Waals surface area contributed by atoms with Gasteiger partial charge in [0.15, 0.2) is 5.82 Å². The topological polar surface area (TPSA) is 77.8 Å². The van der Waals surface area contributed by atoms with Gasteiger partial charge >= 0.3 is 0 Å². The van der Waals surface area contributed by atoms with Gasteiger partial charge < -0.3 is 10.3 Å². The number of aromatic nitrogens is 3. The molecule has 2 rings (SSSR count). The van der Waals surface area contributed by atoms with Crippen LogP contribution in [0.1, 0.15) is 24.9 Å². The van der Waals surface area contributed by atoms with E-state index < -0.39 is 0 Å². The first-order valence-corrected chi connectivity index (χ1v) is 5.71. The zero-order valence-corrected chi connectivity index (χ0v) is 10.1. The van der Waals surface area contributed by atoms with Gasteiger partial charge in [0.1, 0.15) is 5.69 Å². The van der Waals surface area contributed by atoms with E-state index in [9.17, 15) is 0 Å². The molecule has 0 aliphatic heterocycles. The van der Waals surface area contributed by atoms with Crippen molar-refractivity contribution in [1.82, 2.24) is 15.1 Å². The molecule has 0 radical (unpaired) electrons. The van der Waals surface area contributed by atoms with Crippen LogP contribution in [0.5, 0.6) is 0 Å². The first-order chi connectivity index (χ1) is 8.19. The third kappa shape index (κ3) is 2.88. The average Bonchev–Trinajstić information content (AvgIpc) is 2.77. The number of pyridine rings is 1. The largest absolute Gasteiger partial charge is 0.332 e. The fourth-order valence-corrected chi connectivity index (χ4v) is 1.48. The van der Waals surface area contributed by atoms with Crippen LogP contribution < -0.4 is 5.73 Å². The summed E-state index contributed by atoms with van der Waals surface area (Å²) in [6, 6.07) is 5.77. The second-order valence-electron chi connectivity index (χ2n) is 4.05. The number of nitrogens with two attached hydrogens (primary N) is 1. The van der Waals surface area contributed by atoms with Crippen molar-refractivity contribution in [2.24, 2.45) is 5.73 Å². The van der Waals surface area contributed by atoms with Crippen molar-refractivity contribution in [3.05, 3.63) is 29.7 Å². The Labute approximate surface area is 100 Å². The highest BCUT2D eigenvalue weighted by Crippen LogP contribution is 2.15. The van der Waals surface area contributed by atoms with Gasteiger partial charge in [0.05, 0.1) is 0 Å². The summed E-state index contributed by atoms with van der Waals surface area (Å²) in [4.78, 5) is 8.62. The Kier molecular flexibility index (Phi) is 3.49. The van der Waals surface area contributed by atoms with Crippen molar-refractivity contribution < 1.29 is 4.52 Å². The lowest BCUT2D eigenvalue weighted by molar-refractivity contribution is 0.418. The summed E-state index contributed by atoms with van der Waals surface area (Å²) in [7, 11) is 0. The molecule has 5 nitrogen and oxygen atoms in total. The molecular formula is C12H16N4O. The lowest BCUT2D eigenvalue weighted by Crippen LogP contribution is -2.21. The van der Waals surface area contributed by atoms with E-state index >= 15 is 0 Å². The summed E-state index contributed by atoms with van der Waals surface area (Å²) < 4.78 is 5.17. The average molecular weight is 232 g/mol. The molecule has 1 atom stereocenters. The van der Waals surface area contributed by atoms with E-state index in [2.05, 4.69) is 15.1 Å². The summed E-state index contributed by atoms with van der Waals surface area (Å²) in [5.41, 5.74) is 7.47. The van der Waals surface area contributed by atoms with Crippen molar-refractivity contribution in [2.45, 2.75) is 32.7 Å². The zero-order chi connectivity index (χ0) is 12.3. The third-order valence-electron chi connectivity index (χ3n) is 2.54. The van der Waals surface area contributed by atoms with Gasteiger partial charge in [0.2, 0.25) is 0 Å². The highest BCUT2D eigenvalue weighted by atomic mass is 16.5. The molecule has 0 saturated carbocycles. The molecule has 90 valence electrons. The summed E-state index contributed by atoms with van der Waals surface area (Å²) in [5.74, 6) is 1.09. The van der Waals surface area contributed by atoms with Gasteiger partial charge in [-0.05, 0) is 25.5 Å². The Morgan fingerprint density at radius 1 is 1.35 bits per heavy atom. The van der Waals surface area contributed by atoms with Crippen molar-refractivity contribution >= 4 is 0 Å². The first kappa shape index (κ1) is 11.7. The molecule has 2 aromatic heterocycles. The van der Waals surface area contributed by atoms with Gasteiger partial charge in [0.25, 0.3) is 5.89 Å². The first-order valence-electron chi connectivity index (χ1n) is 5.71. The van der Waals surface area contributed by atoms with Crippen LogP contribution in [0.25, 0.3) is 11.6 Å². The Hall–Kier alpha value is -1.75. The number of hydrogen-bond acceptors (Lipinski definition) is 5. The third-order valence-corrected chi connectivity index (χ3v) is 2.54. The number of aryl methyl sites for hydroxylation is 1. The maximum Gasteiger partial charge on any atom is 0.276 e. The fraction of sp³-hybridized carbons (Fsp3) is 0.417. The van der Waals surface area contributed by atoms with Crippen molar-refractivity contribution in [2.75, 3.05) is 0 Å². The number of hydrogen-bond donors (Lipinski definition) is 1. The lowest BCUT2D eigenvalue weighted by Gasteiger charge is -2.02. The minimum atomic E-state index is 0.0749. The zero-order valence-electron chi connectivity index (χ0n) is 10.1. The Morgan fingerprint density at radius 2 is 2.18 bits per heavy atom. The monoisotopic (exact) mass is 232 g/mol. The smallest absolute Gasteiger partial charge is 0.276 e. The van der Waals surface area contributed by atoms with Crippen LogP contribution in [0.3, 0.4) is 0 Å². The highest BCUT2D eigenvalue weighted by molar-refractivity contribution is 5.46. The van der Waals surface area contributed by atoms with Crippen molar-refractivity contribution in [3.8, 4) is 11.6 Å². The molecule has 17 heavy (non-hydrogen) atoms. The van der Waals surface area contributed by atoms with E-state index in [1.807, 2.05) is 32.0 Å². The summed E-state index contributed by atoms with van der Waals surface area (Å²) in [5, 5.41) is 3.90. The SMILES string of the molecule is CCC(N)Cc1noc(-c2cccc(C)n2)n1. The predicted molar refractivity (Wildman–Crippen MR) is 64.2 cm³/mol. The molecule has 0 spiro atoms. The molecule has 1 unspecified atom stereocenters. The van der Waals surface area contributed by atoms with Crippen LogP contribution in [-0.4, -0.2) is 21.2 Å². The molecule has 0 saturated heterocycles. The molecule has 0 aromatic carbocycles. The molecular weight excluding hydrogens is 216 g/mol. The van der Waals surface area contributed by atoms with E-state index in [0.29, 0.717) is 23.8 Å². The minimum Gasteiger partial charge on any atom is -0.332 e.